The van der Waals surface area contributed by atoms with Gasteiger partial charge in [0.15, 0.2) is 0 Å². The standard InChI is InChI=1S/C14H11BrFNO4/c1-8(18)14-10(16)3-2-4-13(14)21-12-6-5-9(15)7-11(12)17(19)20/h2-8,18H,1H3/t8-/m1/s1. The molecular weight excluding hydrogens is 345 g/mol. The fourth-order valence-electron chi connectivity index (χ4n) is 1.85. The smallest absolute Gasteiger partial charge is 0.312 e. The second-order valence-electron chi connectivity index (χ2n) is 4.30. The van der Waals surface area contributed by atoms with Crippen molar-refractivity contribution in [1.82, 2.24) is 0 Å². The van der Waals surface area contributed by atoms with Gasteiger partial charge >= 0.3 is 5.69 Å². The quantitative estimate of drug-likeness (QED) is 0.653. The molecule has 2 aromatic rings. The summed E-state index contributed by atoms with van der Waals surface area (Å²) in [6, 6.07) is 8.29. The second kappa shape index (κ2) is 6.19. The number of aliphatic hydroxyl groups is 1. The Hall–Kier alpha value is -1.99. The highest BCUT2D eigenvalue weighted by molar-refractivity contribution is 9.10. The lowest BCUT2D eigenvalue weighted by molar-refractivity contribution is -0.385. The third kappa shape index (κ3) is 3.37. The summed E-state index contributed by atoms with van der Waals surface area (Å²) in [5.41, 5.74) is -0.306. The van der Waals surface area contributed by atoms with Crippen molar-refractivity contribution in [1.29, 1.82) is 0 Å². The Morgan fingerprint density at radius 3 is 2.67 bits per heavy atom. The molecule has 7 heteroatoms. The first-order chi connectivity index (χ1) is 9.90. The number of nitro benzene ring substituents is 1. The first kappa shape index (κ1) is 15.4. The fraction of sp³-hybridized carbons (Fsp3) is 0.143. The molecule has 0 amide bonds. The van der Waals surface area contributed by atoms with Crippen LogP contribution in [0.3, 0.4) is 0 Å². The van der Waals surface area contributed by atoms with Crippen LogP contribution in [0.25, 0.3) is 0 Å². The highest BCUT2D eigenvalue weighted by Gasteiger charge is 2.20. The van der Waals surface area contributed by atoms with Gasteiger partial charge < -0.3 is 9.84 Å². The molecular formula is C14H11BrFNO4. The SMILES string of the molecule is C[C@@H](O)c1c(F)cccc1Oc1ccc(Br)cc1[N+](=O)[O-]. The molecule has 0 saturated carbocycles. The van der Waals surface area contributed by atoms with E-state index >= 15 is 0 Å². The molecule has 0 fully saturated rings. The van der Waals surface area contributed by atoms with E-state index in [0.29, 0.717) is 4.47 Å². The summed E-state index contributed by atoms with van der Waals surface area (Å²) < 4.78 is 19.7. The van der Waals surface area contributed by atoms with Crippen molar-refractivity contribution in [2.45, 2.75) is 13.0 Å². The van der Waals surface area contributed by atoms with Crippen LogP contribution >= 0.6 is 15.9 Å². The minimum atomic E-state index is -1.10. The maximum absolute atomic E-state index is 13.7. The van der Waals surface area contributed by atoms with Gasteiger partial charge in [-0.25, -0.2) is 4.39 Å². The maximum atomic E-state index is 13.7. The number of rotatable bonds is 4. The summed E-state index contributed by atoms with van der Waals surface area (Å²) >= 11 is 3.14. The summed E-state index contributed by atoms with van der Waals surface area (Å²) in [4.78, 5) is 10.4. The van der Waals surface area contributed by atoms with Crippen molar-refractivity contribution in [3.8, 4) is 11.5 Å². The number of benzene rings is 2. The minimum absolute atomic E-state index is 0.0318. The van der Waals surface area contributed by atoms with Crippen LogP contribution in [0, 0.1) is 15.9 Å². The van der Waals surface area contributed by atoms with Gasteiger partial charge in [-0.05, 0) is 31.2 Å². The van der Waals surface area contributed by atoms with E-state index in [1.165, 1.54) is 37.3 Å². The van der Waals surface area contributed by atoms with Gasteiger partial charge in [0.2, 0.25) is 5.75 Å². The molecule has 21 heavy (non-hydrogen) atoms. The molecule has 1 atom stereocenters. The van der Waals surface area contributed by atoms with Crippen LogP contribution in [0.15, 0.2) is 40.9 Å². The van der Waals surface area contributed by atoms with Crippen LogP contribution in [0.4, 0.5) is 10.1 Å². The zero-order valence-corrected chi connectivity index (χ0v) is 12.5. The number of hydrogen-bond acceptors (Lipinski definition) is 4. The summed E-state index contributed by atoms with van der Waals surface area (Å²) in [7, 11) is 0. The largest absolute Gasteiger partial charge is 0.450 e. The summed E-state index contributed by atoms with van der Waals surface area (Å²) in [5, 5.41) is 20.7. The van der Waals surface area contributed by atoms with Gasteiger partial charge in [-0.3, -0.25) is 10.1 Å². The van der Waals surface area contributed by atoms with E-state index in [9.17, 15) is 19.6 Å². The summed E-state index contributed by atoms with van der Waals surface area (Å²) in [6.45, 7) is 1.39. The zero-order chi connectivity index (χ0) is 15.6. The molecule has 1 N–H and O–H groups in total. The molecule has 0 unspecified atom stereocenters. The van der Waals surface area contributed by atoms with Crippen LogP contribution in [0.5, 0.6) is 11.5 Å². The Bertz CT molecular complexity index is 691. The molecule has 0 aliphatic heterocycles. The molecule has 0 aliphatic rings. The molecule has 0 aliphatic carbocycles. The van der Waals surface area contributed by atoms with Crippen LogP contribution < -0.4 is 4.74 Å². The predicted molar refractivity (Wildman–Crippen MR) is 77.9 cm³/mol. The van der Waals surface area contributed by atoms with Gasteiger partial charge in [-0.2, -0.15) is 0 Å². The van der Waals surface area contributed by atoms with Gasteiger partial charge in [0.25, 0.3) is 0 Å². The van der Waals surface area contributed by atoms with Gasteiger partial charge in [0.05, 0.1) is 16.6 Å². The third-order valence-electron chi connectivity index (χ3n) is 2.77. The van der Waals surface area contributed by atoms with Crippen molar-refractivity contribution in [3.63, 3.8) is 0 Å². The Balaban J connectivity index is 2.49. The van der Waals surface area contributed by atoms with Gasteiger partial charge in [-0.15, -0.1) is 0 Å². The third-order valence-corrected chi connectivity index (χ3v) is 3.26. The van der Waals surface area contributed by atoms with Crippen molar-refractivity contribution in [2.75, 3.05) is 0 Å². The molecule has 0 saturated heterocycles. The number of nitrogens with zero attached hydrogens (tertiary/aromatic N) is 1. The van der Waals surface area contributed by atoms with Crippen molar-refractivity contribution in [2.24, 2.45) is 0 Å². The molecule has 2 rings (SSSR count). The highest BCUT2D eigenvalue weighted by Crippen LogP contribution is 2.37. The Labute approximate surface area is 128 Å². The predicted octanol–water partition coefficient (Wildman–Crippen LogP) is 4.34. The monoisotopic (exact) mass is 355 g/mol. The topological polar surface area (TPSA) is 72.6 Å². The second-order valence-corrected chi connectivity index (χ2v) is 5.21. The molecule has 0 radical (unpaired) electrons. The number of hydrogen-bond donors (Lipinski definition) is 1. The van der Waals surface area contributed by atoms with E-state index in [1.807, 2.05) is 0 Å². The first-order valence-corrected chi connectivity index (χ1v) is 6.77. The van der Waals surface area contributed by atoms with Gasteiger partial charge in [0, 0.05) is 10.5 Å². The van der Waals surface area contributed by atoms with Crippen molar-refractivity contribution < 1.29 is 19.2 Å². The maximum Gasteiger partial charge on any atom is 0.312 e. The number of ether oxygens (including phenoxy) is 1. The Morgan fingerprint density at radius 2 is 2.05 bits per heavy atom. The molecule has 110 valence electrons. The molecule has 0 aromatic heterocycles. The van der Waals surface area contributed by atoms with Crippen LogP contribution in [0.1, 0.15) is 18.6 Å². The van der Waals surface area contributed by atoms with E-state index in [-0.39, 0.29) is 22.7 Å². The normalized spacial score (nSPS) is 12.0. The van der Waals surface area contributed by atoms with E-state index in [4.69, 9.17) is 4.74 Å². The zero-order valence-electron chi connectivity index (χ0n) is 10.9. The van der Waals surface area contributed by atoms with E-state index in [2.05, 4.69) is 15.9 Å². The average molecular weight is 356 g/mol. The van der Waals surface area contributed by atoms with Crippen molar-refractivity contribution in [3.05, 3.63) is 62.4 Å². The molecule has 0 spiro atoms. The van der Waals surface area contributed by atoms with Gasteiger partial charge in [-0.1, -0.05) is 22.0 Å². The van der Waals surface area contributed by atoms with Crippen LogP contribution in [-0.2, 0) is 0 Å². The molecule has 0 bridgehead atoms. The summed E-state index contributed by atoms with van der Waals surface area (Å²) in [6.07, 6.45) is -1.10. The minimum Gasteiger partial charge on any atom is -0.450 e. The number of aliphatic hydroxyl groups excluding tert-OH is 1. The van der Waals surface area contributed by atoms with E-state index in [0.717, 1.165) is 0 Å². The number of halogens is 2. The average Bonchev–Trinajstić information content (AvgIpc) is 2.40. The lowest BCUT2D eigenvalue weighted by Crippen LogP contribution is -2.01. The fourth-order valence-corrected chi connectivity index (χ4v) is 2.20. The van der Waals surface area contributed by atoms with Crippen LogP contribution in [0.2, 0.25) is 0 Å². The number of nitro groups is 1. The molecule has 0 heterocycles. The summed E-state index contributed by atoms with van der Waals surface area (Å²) in [5.74, 6) is -0.631. The van der Waals surface area contributed by atoms with E-state index < -0.39 is 16.8 Å². The highest BCUT2D eigenvalue weighted by atomic mass is 79.9. The Morgan fingerprint density at radius 1 is 1.33 bits per heavy atom. The lowest BCUT2D eigenvalue weighted by Gasteiger charge is -2.14. The first-order valence-electron chi connectivity index (χ1n) is 5.98. The van der Waals surface area contributed by atoms with E-state index in [1.54, 1.807) is 6.07 Å². The van der Waals surface area contributed by atoms with Gasteiger partial charge in [0.1, 0.15) is 11.6 Å². The van der Waals surface area contributed by atoms with Crippen molar-refractivity contribution >= 4 is 21.6 Å². The molecule has 2 aromatic carbocycles. The molecule has 5 nitrogen and oxygen atoms in total. The Kier molecular flexibility index (Phi) is 4.54. The van der Waals surface area contributed by atoms with Crippen LogP contribution in [-0.4, -0.2) is 10.0 Å². The lowest BCUT2D eigenvalue weighted by atomic mass is 10.1.